The molecule has 3 heterocycles. The smallest absolute Gasteiger partial charge is 0.130 e. The molecule has 0 radical (unpaired) electrons. The zero-order valence-electron chi connectivity index (χ0n) is 12.4. The third-order valence-electron chi connectivity index (χ3n) is 4.85. The van der Waals surface area contributed by atoms with E-state index in [1.54, 1.807) is 0 Å². The number of halogens is 2. The van der Waals surface area contributed by atoms with Gasteiger partial charge in [-0.25, -0.2) is 18.7 Å². The Kier molecular flexibility index (Phi) is 3.18. The Balaban J connectivity index is 1.69. The average molecular weight is 301 g/mol. The van der Waals surface area contributed by atoms with Crippen LogP contribution in [0, 0.1) is 18.6 Å². The first-order valence-corrected chi connectivity index (χ1v) is 7.64. The van der Waals surface area contributed by atoms with Crippen molar-refractivity contribution in [2.75, 3.05) is 0 Å². The predicted molar refractivity (Wildman–Crippen MR) is 78.1 cm³/mol. The van der Waals surface area contributed by atoms with E-state index in [1.807, 2.05) is 13.1 Å². The van der Waals surface area contributed by atoms with Crippen LogP contribution in [0.2, 0.25) is 0 Å². The van der Waals surface area contributed by atoms with Crippen LogP contribution in [0.25, 0.3) is 0 Å². The molecule has 0 spiro atoms. The molecule has 114 valence electrons. The fourth-order valence-electron chi connectivity index (χ4n) is 3.79. The molecule has 0 aliphatic carbocycles. The van der Waals surface area contributed by atoms with Gasteiger partial charge in [0.05, 0.1) is 5.69 Å². The third kappa shape index (κ3) is 2.11. The molecule has 0 amide bonds. The van der Waals surface area contributed by atoms with E-state index in [0.29, 0.717) is 12.6 Å². The second-order valence-corrected chi connectivity index (χ2v) is 6.14. The fourth-order valence-corrected chi connectivity index (χ4v) is 3.79. The summed E-state index contributed by atoms with van der Waals surface area (Å²) < 4.78 is 27.9. The summed E-state index contributed by atoms with van der Waals surface area (Å²) in [6.07, 6.45) is 4.76. The van der Waals surface area contributed by atoms with E-state index in [0.717, 1.165) is 36.3 Å². The van der Waals surface area contributed by atoms with Crippen LogP contribution in [-0.4, -0.2) is 20.9 Å². The highest BCUT2D eigenvalue weighted by Gasteiger charge is 2.41. The van der Waals surface area contributed by atoms with Gasteiger partial charge >= 0.3 is 0 Å². The van der Waals surface area contributed by atoms with Gasteiger partial charge in [-0.05, 0) is 31.9 Å². The molecule has 3 nitrogen and oxygen atoms in total. The summed E-state index contributed by atoms with van der Waals surface area (Å²) in [7, 11) is 0. The summed E-state index contributed by atoms with van der Waals surface area (Å²) >= 11 is 0. The molecule has 1 saturated heterocycles. The molecule has 0 N–H and O–H groups in total. The van der Waals surface area contributed by atoms with Gasteiger partial charge in [-0.3, -0.25) is 4.90 Å². The normalized spacial score (nSPS) is 23.6. The van der Waals surface area contributed by atoms with Crippen molar-refractivity contribution in [1.82, 2.24) is 14.9 Å². The van der Waals surface area contributed by atoms with E-state index in [9.17, 15) is 8.78 Å². The number of nitrogens with zero attached hydrogens (tertiary/aromatic N) is 3. The molecule has 2 unspecified atom stereocenters. The summed E-state index contributed by atoms with van der Waals surface area (Å²) in [4.78, 5) is 11.1. The molecule has 2 aliphatic heterocycles. The Morgan fingerprint density at radius 3 is 2.77 bits per heavy atom. The van der Waals surface area contributed by atoms with Gasteiger partial charge in [0.1, 0.15) is 17.5 Å². The molecule has 2 atom stereocenters. The third-order valence-corrected chi connectivity index (χ3v) is 4.85. The minimum atomic E-state index is -0.467. The molecule has 0 saturated carbocycles. The molecule has 1 fully saturated rings. The maximum atomic E-state index is 13.9. The second-order valence-electron chi connectivity index (χ2n) is 6.14. The maximum absolute atomic E-state index is 13.9. The van der Waals surface area contributed by atoms with Crippen LogP contribution >= 0.6 is 0 Å². The van der Waals surface area contributed by atoms with E-state index in [1.165, 1.54) is 18.2 Å². The molecule has 22 heavy (non-hydrogen) atoms. The van der Waals surface area contributed by atoms with E-state index in [2.05, 4.69) is 14.9 Å². The fraction of sp³-hybridized carbons (Fsp3) is 0.412. The lowest BCUT2D eigenvalue weighted by molar-refractivity contribution is 0.161. The van der Waals surface area contributed by atoms with Crippen LogP contribution in [0.3, 0.4) is 0 Å². The topological polar surface area (TPSA) is 29.0 Å². The van der Waals surface area contributed by atoms with Crippen LogP contribution in [0.1, 0.15) is 41.5 Å². The highest BCUT2D eigenvalue weighted by Crippen LogP contribution is 2.43. The van der Waals surface area contributed by atoms with Gasteiger partial charge < -0.3 is 0 Å². The quantitative estimate of drug-likeness (QED) is 0.852. The Morgan fingerprint density at radius 2 is 2.00 bits per heavy atom. The summed E-state index contributed by atoms with van der Waals surface area (Å²) in [5.41, 5.74) is 2.39. The summed E-state index contributed by atoms with van der Waals surface area (Å²) in [5.74, 6) is -0.151. The van der Waals surface area contributed by atoms with Crippen molar-refractivity contribution in [1.29, 1.82) is 0 Å². The van der Waals surface area contributed by atoms with Crippen molar-refractivity contribution in [2.45, 2.75) is 44.8 Å². The first-order valence-electron chi connectivity index (χ1n) is 7.64. The van der Waals surface area contributed by atoms with Gasteiger partial charge in [-0.1, -0.05) is 6.07 Å². The Bertz CT molecular complexity index is 712. The summed E-state index contributed by atoms with van der Waals surface area (Å²) in [6, 6.07) is 4.54. The van der Waals surface area contributed by atoms with E-state index >= 15 is 0 Å². The molecular formula is C17H17F2N3. The molecule has 4 rings (SSSR count). The predicted octanol–water partition coefficient (Wildman–Crippen LogP) is 3.33. The zero-order valence-corrected chi connectivity index (χ0v) is 12.4. The zero-order chi connectivity index (χ0) is 15.3. The second kappa shape index (κ2) is 5.09. The average Bonchev–Trinajstić information content (AvgIpc) is 2.76. The molecule has 2 aliphatic rings. The summed E-state index contributed by atoms with van der Waals surface area (Å²) in [5, 5.41) is 0. The lowest BCUT2D eigenvalue weighted by atomic mass is 9.98. The summed E-state index contributed by atoms with van der Waals surface area (Å²) in [6.45, 7) is 2.20. The van der Waals surface area contributed by atoms with Crippen molar-refractivity contribution >= 4 is 0 Å². The van der Waals surface area contributed by atoms with Crippen molar-refractivity contribution in [3.05, 3.63) is 58.7 Å². The lowest BCUT2D eigenvalue weighted by Gasteiger charge is -2.35. The SMILES string of the molecule is Cc1ncc2c(n1)CC1CCC2N1Cc1c(F)cccc1F. The first-order chi connectivity index (χ1) is 10.6. The number of hydrogen-bond acceptors (Lipinski definition) is 3. The Morgan fingerprint density at radius 1 is 1.23 bits per heavy atom. The van der Waals surface area contributed by atoms with Crippen LogP contribution < -0.4 is 0 Å². The number of aromatic nitrogens is 2. The van der Waals surface area contributed by atoms with Crippen LogP contribution in [0.5, 0.6) is 0 Å². The van der Waals surface area contributed by atoms with Crippen molar-refractivity contribution in [3.63, 3.8) is 0 Å². The molecule has 1 aromatic carbocycles. The van der Waals surface area contributed by atoms with Crippen molar-refractivity contribution < 1.29 is 8.78 Å². The van der Waals surface area contributed by atoms with Crippen LogP contribution in [0.15, 0.2) is 24.4 Å². The molecular weight excluding hydrogens is 284 g/mol. The van der Waals surface area contributed by atoms with Gasteiger partial charge in [-0.2, -0.15) is 0 Å². The van der Waals surface area contributed by atoms with E-state index in [4.69, 9.17) is 0 Å². The number of rotatable bonds is 2. The van der Waals surface area contributed by atoms with Gasteiger partial charge in [0.25, 0.3) is 0 Å². The minimum absolute atomic E-state index is 0.163. The van der Waals surface area contributed by atoms with Gasteiger partial charge in [0.15, 0.2) is 0 Å². The van der Waals surface area contributed by atoms with Crippen molar-refractivity contribution in [3.8, 4) is 0 Å². The number of aryl methyl sites for hydroxylation is 1. The molecule has 5 heteroatoms. The van der Waals surface area contributed by atoms with Gasteiger partial charge in [0, 0.05) is 42.4 Å². The standard InChI is InChI=1S/C17H17F2N3/c1-10-20-8-12-16(21-10)7-11-5-6-17(12)22(11)9-13-14(18)3-2-4-15(13)19/h2-4,8,11,17H,5-7,9H2,1H3. The molecule has 2 bridgehead atoms. The number of hydrogen-bond donors (Lipinski definition) is 0. The Labute approximate surface area is 128 Å². The highest BCUT2D eigenvalue weighted by atomic mass is 19.1. The largest absolute Gasteiger partial charge is 0.288 e. The molecule has 2 aromatic rings. The number of fused-ring (bicyclic) bond motifs is 4. The van der Waals surface area contributed by atoms with Crippen LogP contribution in [-0.2, 0) is 13.0 Å². The van der Waals surface area contributed by atoms with Gasteiger partial charge in [0.2, 0.25) is 0 Å². The van der Waals surface area contributed by atoms with E-state index in [-0.39, 0.29) is 11.6 Å². The maximum Gasteiger partial charge on any atom is 0.130 e. The molecule has 1 aromatic heterocycles. The van der Waals surface area contributed by atoms with Crippen LogP contribution in [0.4, 0.5) is 8.78 Å². The minimum Gasteiger partial charge on any atom is -0.288 e. The highest BCUT2D eigenvalue weighted by molar-refractivity contribution is 5.30. The lowest BCUT2D eigenvalue weighted by Crippen LogP contribution is -2.38. The first kappa shape index (κ1) is 13.8. The van der Waals surface area contributed by atoms with Crippen molar-refractivity contribution in [2.24, 2.45) is 0 Å². The Hall–Kier alpha value is -1.88. The van der Waals surface area contributed by atoms with Gasteiger partial charge in [-0.15, -0.1) is 0 Å². The monoisotopic (exact) mass is 301 g/mol. The number of benzene rings is 1. The van der Waals surface area contributed by atoms with E-state index < -0.39 is 11.6 Å².